The number of benzene rings is 1. The Hall–Kier alpha value is -1.43. The van der Waals surface area contributed by atoms with Gasteiger partial charge in [-0.2, -0.15) is 0 Å². The molecule has 4 nitrogen and oxygen atoms in total. The highest BCUT2D eigenvalue weighted by Gasteiger charge is 2.25. The summed E-state index contributed by atoms with van der Waals surface area (Å²) in [4.78, 5) is 18.8. The average molecular weight is 360 g/mol. The zero-order valence-corrected chi connectivity index (χ0v) is 14.6. The lowest BCUT2D eigenvalue weighted by Gasteiger charge is -2.24. The summed E-state index contributed by atoms with van der Waals surface area (Å²) in [5.74, 6) is -0.345. The molecule has 0 radical (unpaired) electrons. The van der Waals surface area contributed by atoms with Crippen LogP contribution in [0.4, 0.5) is 4.39 Å². The van der Waals surface area contributed by atoms with Crippen molar-refractivity contribution in [3.63, 3.8) is 0 Å². The van der Waals surface area contributed by atoms with Crippen LogP contribution in [-0.2, 0) is 0 Å². The van der Waals surface area contributed by atoms with Gasteiger partial charge in [-0.15, -0.1) is 24.8 Å². The molecule has 1 aromatic heterocycles. The van der Waals surface area contributed by atoms with Crippen molar-refractivity contribution in [3.05, 3.63) is 41.3 Å². The van der Waals surface area contributed by atoms with Gasteiger partial charge in [0.1, 0.15) is 5.82 Å². The Bertz CT molecular complexity index is 705. The van der Waals surface area contributed by atoms with Crippen molar-refractivity contribution < 1.29 is 9.18 Å². The van der Waals surface area contributed by atoms with E-state index in [1.807, 2.05) is 7.05 Å². The van der Waals surface area contributed by atoms with Gasteiger partial charge in [0.05, 0.1) is 16.8 Å². The number of aromatic nitrogens is 1. The zero-order valence-electron chi connectivity index (χ0n) is 13.0. The van der Waals surface area contributed by atoms with Crippen LogP contribution in [0.15, 0.2) is 24.3 Å². The summed E-state index contributed by atoms with van der Waals surface area (Å²) in [6, 6.07) is 6.46. The Labute approximate surface area is 147 Å². The van der Waals surface area contributed by atoms with Gasteiger partial charge in [0.15, 0.2) is 0 Å². The number of hydrogen-bond donors (Lipinski definition) is 1. The van der Waals surface area contributed by atoms with E-state index in [1.165, 1.54) is 12.1 Å². The van der Waals surface area contributed by atoms with Crippen molar-refractivity contribution in [2.24, 2.45) is 0 Å². The van der Waals surface area contributed by atoms with Crippen LogP contribution in [0.5, 0.6) is 0 Å². The number of carbonyl (C=O) groups excluding carboxylic acids is 1. The fraction of sp³-hybridized carbons (Fsp3) is 0.375. The molecule has 126 valence electrons. The Balaban J connectivity index is 0.00000132. The molecule has 1 fully saturated rings. The first-order valence-electron chi connectivity index (χ1n) is 7.11. The molecule has 23 heavy (non-hydrogen) atoms. The number of hydrogen-bond acceptors (Lipinski definition) is 3. The summed E-state index contributed by atoms with van der Waals surface area (Å²) in [5, 5.41) is 4.04. The number of aryl methyl sites for hydroxylation is 1. The Morgan fingerprint density at radius 1 is 1.35 bits per heavy atom. The molecule has 3 rings (SSSR count). The molecule has 1 aliphatic heterocycles. The van der Waals surface area contributed by atoms with E-state index in [1.54, 1.807) is 24.0 Å². The molecule has 2 heterocycles. The number of pyridine rings is 1. The third-order valence-corrected chi connectivity index (χ3v) is 4.10. The van der Waals surface area contributed by atoms with Gasteiger partial charge in [-0.25, -0.2) is 4.39 Å². The van der Waals surface area contributed by atoms with Crippen LogP contribution in [-0.4, -0.2) is 42.0 Å². The predicted molar refractivity (Wildman–Crippen MR) is 94.3 cm³/mol. The Morgan fingerprint density at radius 3 is 2.74 bits per heavy atom. The van der Waals surface area contributed by atoms with Crippen LogP contribution in [0.2, 0.25) is 0 Å². The number of fused-ring (bicyclic) bond motifs is 1. The molecule has 1 aromatic carbocycles. The number of rotatable bonds is 2. The monoisotopic (exact) mass is 359 g/mol. The molecule has 1 amide bonds. The van der Waals surface area contributed by atoms with E-state index in [0.29, 0.717) is 16.8 Å². The van der Waals surface area contributed by atoms with Crippen LogP contribution in [0, 0.1) is 12.7 Å². The second-order valence-corrected chi connectivity index (χ2v) is 5.52. The summed E-state index contributed by atoms with van der Waals surface area (Å²) in [7, 11) is 1.83. The summed E-state index contributed by atoms with van der Waals surface area (Å²) in [5.41, 5.74) is 1.80. The normalized spacial score (nSPS) is 16.6. The number of nitrogens with one attached hydrogen (secondary N) is 1. The molecule has 1 N–H and O–H groups in total. The number of carbonyl (C=O) groups is 1. The van der Waals surface area contributed by atoms with Crippen molar-refractivity contribution in [3.8, 4) is 0 Å². The van der Waals surface area contributed by atoms with Gasteiger partial charge in [-0.05, 0) is 38.1 Å². The lowest BCUT2D eigenvalue weighted by Crippen LogP contribution is -2.38. The van der Waals surface area contributed by atoms with E-state index in [0.717, 1.165) is 24.9 Å². The molecule has 1 saturated heterocycles. The van der Waals surface area contributed by atoms with Crippen molar-refractivity contribution in [2.45, 2.75) is 19.4 Å². The molecule has 1 aliphatic rings. The summed E-state index contributed by atoms with van der Waals surface area (Å²) >= 11 is 0. The van der Waals surface area contributed by atoms with Crippen LogP contribution in [0.3, 0.4) is 0 Å². The third-order valence-electron chi connectivity index (χ3n) is 4.10. The fourth-order valence-electron chi connectivity index (χ4n) is 2.78. The number of amides is 1. The minimum Gasteiger partial charge on any atom is -0.337 e. The smallest absolute Gasteiger partial charge is 0.255 e. The quantitative estimate of drug-likeness (QED) is 0.896. The SMILES string of the molecule is Cc1nc2cc(F)ccc2cc1C(=O)N(C)C1CCNC1.Cl.Cl. The number of halogens is 3. The van der Waals surface area contributed by atoms with E-state index in [9.17, 15) is 9.18 Å². The van der Waals surface area contributed by atoms with Crippen molar-refractivity contribution >= 4 is 41.6 Å². The lowest BCUT2D eigenvalue weighted by atomic mass is 10.1. The highest BCUT2D eigenvalue weighted by atomic mass is 35.5. The van der Waals surface area contributed by atoms with Crippen LogP contribution < -0.4 is 5.32 Å². The largest absolute Gasteiger partial charge is 0.337 e. The molecular weight excluding hydrogens is 340 g/mol. The van der Waals surface area contributed by atoms with Gasteiger partial charge >= 0.3 is 0 Å². The molecule has 0 bridgehead atoms. The van der Waals surface area contributed by atoms with Gasteiger partial charge < -0.3 is 10.2 Å². The molecule has 1 atom stereocenters. The number of likely N-dealkylation sites (N-methyl/N-ethyl adjacent to an activating group) is 1. The maximum absolute atomic E-state index is 13.2. The predicted octanol–water partition coefficient (Wildman–Crippen LogP) is 2.96. The molecule has 0 aliphatic carbocycles. The Morgan fingerprint density at radius 2 is 2.09 bits per heavy atom. The molecule has 2 aromatic rings. The second-order valence-electron chi connectivity index (χ2n) is 5.52. The molecule has 0 saturated carbocycles. The zero-order chi connectivity index (χ0) is 15.0. The second kappa shape index (κ2) is 7.90. The molecule has 1 unspecified atom stereocenters. The van der Waals surface area contributed by atoms with E-state index in [2.05, 4.69) is 10.3 Å². The first-order chi connectivity index (χ1) is 10.1. The summed E-state index contributed by atoms with van der Waals surface area (Å²) in [6.07, 6.45) is 0.966. The van der Waals surface area contributed by atoms with Crippen LogP contribution in [0.1, 0.15) is 22.5 Å². The molecule has 0 spiro atoms. The van der Waals surface area contributed by atoms with E-state index in [-0.39, 0.29) is 42.6 Å². The van der Waals surface area contributed by atoms with E-state index < -0.39 is 0 Å². The van der Waals surface area contributed by atoms with Gasteiger partial charge in [0.25, 0.3) is 5.91 Å². The van der Waals surface area contributed by atoms with Crippen molar-refractivity contribution in [2.75, 3.05) is 20.1 Å². The van der Waals surface area contributed by atoms with E-state index >= 15 is 0 Å². The molecular formula is C16H20Cl2FN3O. The first-order valence-corrected chi connectivity index (χ1v) is 7.11. The maximum Gasteiger partial charge on any atom is 0.255 e. The fourth-order valence-corrected chi connectivity index (χ4v) is 2.78. The minimum absolute atomic E-state index is 0. The van der Waals surface area contributed by atoms with Gasteiger partial charge in [0.2, 0.25) is 0 Å². The lowest BCUT2D eigenvalue weighted by molar-refractivity contribution is 0.0743. The highest BCUT2D eigenvalue weighted by molar-refractivity contribution is 5.98. The van der Waals surface area contributed by atoms with Crippen LogP contribution in [0.25, 0.3) is 10.9 Å². The summed E-state index contributed by atoms with van der Waals surface area (Å²) < 4.78 is 13.2. The summed E-state index contributed by atoms with van der Waals surface area (Å²) in [6.45, 7) is 3.56. The first kappa shape index (κ1) is 19.6. The highest BCUT2D eigenvalue weighted by Crippen LogP contribution is 2.20. The maximum atomic E-state index is 13.2. The van der Waals surface area contributed by atoms with Gasteiger partial charge in [0, 0.05) is 31.1 Å². The third kappa shape index (κ3) is 3.91. The van der Waals surface area contributed by atoms with Gasteiger partial charge in [-0.1, -0.05) is 0 Å². The average Bonchev–Trinajstić information content (AvgIpc) is 2.99. The standard InChI is InChI=1S/C16H18FN3O.2ClH/c1-10-14(16(21)20(2)13-5-6-18-9-13)7-11-3-4-12(17)8-15(11)19-10;;/h3-4,7-8,13,18H,5-6,9H2,1-2H3;2*1H. The minimum atomic E-state index is -0.317. The number of nitrogens with zero attached hydrogens (tertiary/aromatic N) is 2. The van der Waals surface area contributed by atoms with Crippen molar-refractivity contribution in [1.82, 2.24) is 15.2 Å². The van der Waals surface area contributed by atoms with Crippen LogP contribution >= 0.6 is 24.8 Å². The van der Waals surface area contributed by atoms with Crippen molar-refractivity contribution in [1.29, 1.82) is 0 Å². The van der Waals surface area contributed by atoms with E-state index in [4.69, 9.17) is 0 Å². The topological polar surface area (TPSA) is 45.2 Å². The molecule has 7 heteroatoms. The van der Waals surface area contributed by atoms with Gasteiger partial charge in [-0.3, -0.25) is 9.78 Å². The Kier molecular flexibility index (Phi) is 6.74.